The van der Waals surface area contributed by atoms with Crippen molar-refractivity contribution in [1.29, 1.82) is 0 Å². The number of hydrogen-bond acceptors (Lipinski definition) is 5. The molecule has 2 aliphatic heterocycles. The lowest BCUT2D eigenvalue weighted by molar-refractivity contribution is -0.129. The van der Waals surface area contributed by atoms with Crippen LogP contribution in [-0.2, 0) is 19.4 Å². The number of carbonyl (C=O) groups excluding carboxylic acids is 1. The molecular formula is C16H30N2O4S. The molecule has 2 rings (SSSR count). The fourth-order valence-electron chi connectivity index (χ4n) is 3.63. The van der Waals surface area contributed by atoms with Gasteiger partial charge in [0, 0.05) is 32.2 Å². The Morgan fingerprint density at radius 2 is 1.87 bits per heavy atom. The lowest BCUT2D eigenvalue weighted by Crippen LogP contribution is -2.48. The Kier molecular flexibility index (Phi) is 6.45. The van der Waals surface area contributed by atoms with Gasteiger partial charge in [0.25, 0.3) is 0 Å². The molecule has 134 valence electrons. The highest BCUT2D eigenvalue weighted by Gasteiger charge is 2.41. The predicted molar refractivity (Wildman–Crippen MR) is 90.1 cm³/mol. The summed E-state index contributed by atoms with van der Waals surface area (Å²) in [7, 11) is -3.34. The minimum absolute atomic E-state index is 0.0812. The topological polar surface area (TPSA) is 66.9 Å². The first-order valence-electron chi connectivity index (χ1n) is 8.72. The van der Waals surface area contributed by atoms with Crippen molar-refractivity contribution in [1.82, 2.24) is 9.80 Å². The second kappa shape index (κ2) is 7.94. The van der Waals surface area contributed by atoms with Crippen molar-refractivity contribution in [3.63, 3.8) is 0 Å². The molecule has 1 amide bonds. The van der Waals surface area contributed by atoms with E-state index < -0.39 is 15.1 Å². The largest absolute Gasteiger partial charge is 0.379 e. The van der Waals surface area contributed by atoms with E-state index in [0.29, 0.717) is 31.5 Å². The van der Waals surface area contributed by atoms with E-state index in [0.717, 1.165) is 32.7 Å². The van der Waals surface area contributed by atoms with E-state index in [1.165, 1.54) is 6.92 Å². The van der Waals surface area contributed by atoms with Crippen molar-refractivity contribution >= 4 is 15.7 Å². The average molecular weight is 346 g/mol. The molecule has 0 aromatic carbocycles. The van der Waals surface area contributed by atoms with E-state index in [-0.39, 0.29) is 11.7 Å². The quantitative estimate of drug-likeness (QED) is 0.711. The van der Waals surface area contributed by atoms with E-state index in [1.807, 2.05) is 6.92 Å². The summed E-state index contributed by atoms with van der Waals surface area (Å²) in [4.78, 5) is 16.8. The summed E-state index contributed by atoms with van der Waals surface area (Å²) in [6.07, 6.45) is 1.55. The van der Waals surface area contributed by atoms with Crippen LogP contribution >= 0.6 is 0 Å². The number of likely N-dealkylation sites (tertiary alicyclic amines) is 1. The summed E-state index contributed by atoms with van der Waals surface area (Å²) in [6.45, 7) is 10.1. The Hall–Kier alpha value is -0.660. The molecule has 0 radical (unpaired) electrons. The second-order valence-electron chi connectivity index (χ2n) is 6.64. The van der Waals surface area contributed by atoms with Crippen LogP contribution in [0.2, 0.25) is 0 Å². The number of nitrogens with zero attached hydrogens (tertiary/aromatic N) is 2. The van der Waals surface area contributed by atoms with Gasteiger partial charge in [0.05, 0.1) is 19.0 Å². The first kappa shape index (κ1) is 18.7. The van der Waals surface area contributed by atoms with Crippen molar-refractivity contribution in [3.05, 3.63) is 0 Å². The zero-order valence-corrected chi connectivity index (χ0v) is 15.3. The van der Waals surface area contributed by atoms with Gasteiger partial charge in [0.1, 0.15) is 5.25 Å². The summed E-state index contributed by atoms with van der Waals surface area (Å²) in [6, 6.07) is 0.328. The Bertz CT molecular complexity index is 502. The van der Waals surface area contributed by atoms with Crippen molar-refractivity contribution in [2.45, 2.75) is 44.9 Å². The molecule has 2 heterocycles. The van der Waals surface area contributed by atoms with Crippen LogP contribution in [0.1, 0.15) is 33.6 Å². The molecule has 2 saturated heterocycles. The van der Waals surface area contributed by atoms with Gasteiger partial charge >= 0.3 is 0 Å². The van der Waals surface area contributed by atoms with Crippen LogP contribution in [0, 0.1) is 5.92 Å². The first-order chi connectivity index (χ1) is 10.9. The molecule has 0 N–H and O–H groups in total. The standard InChI is InChI=1S/C16H30N2O4S/c1-4-10-23(20,21)13(3)16(19)18-11-14(5-2)15(12-18)17-6-8-22-9-7-17/h13-15H,4-12H2,1-3H3. The van der Waals surface area contributed by atoms with E-state index in [1.54, 1.807) is 4.90 Å². The maximum Gasteiger partial charge on any atom is 0.240 e. The van der Waals surface area contributed by atoms with Gasteiger partial charge in [0.2, 0.25) is 5.91 Å². The number of carbonyl (C=O) groups is 1. The number of amides is 1. The van der Waals surface area contributed by atoms with Crippen molar-refractivity contribution in [2.75, 3.05) is 45.1 Å². The summed E-state index contributed by atoms with van der Waals surface area (Å²) in [5, 5.41) is -0.927. The molecule has 0 aliphatic carbocycles. The SMILES string of the molecule is CCCS(=O)(=O)C(C)C(=O)N1CC(CC)C(N2CCOCC2)C1. The van der Waals surface area contributed by atoms with Crippen LogP contribution in [0.15, 0.2) is 0 Å². The van der Waals surface area contributed by atoms with E-state index in [2.05, 4.69) is 11.8 Å². The Labute approximate surface area is 140 Å². The van der Waals surface area contributed by atoms with Gasteiger partial charge in [-0.2, -0.15) is 0 Å². The van der Waals surface area contributed by atoms with Gasteiger partial charge < -0.3 is 9.64 Å². The van der Waals surface area contributed by atoms with Crippen molar-refractivity contribution in [3.8, 4) is 0 Å². The Morgan fingerprint density at radius 1 is 1.22 bits per heavy atom. The van der Waals surface area contributed by atoms with Crippen molar-refractivity contribution in [2.24, 2.45) is 5.92 Å². The third-order valence-corrected chi connectivity index (χ3v) is 7.39. The van der Waals surface area contributed by atoms with E-state index in [4.69, 9.17) is 4.74 Å². The molecule has 23 heavy (non-hydrogen) atoms. The van der Waals surface area contributed by atoms with Crippen LogP contribution in [0.25, 0.3) is 0 Å². The molecule has 2 fully saturated rings. The fourth-order valence-corrected chi connectivity index (χ4v) is 5.01. The lowest BCUT2D eigenvalue weighted by atomic mass is 9.99. The Morgan fingerprint density at radius 3 is 2.43 bits per heavy atom. The zero-order chi connectivity index (χ0) is 17.0. The Balaban J connectivity index is 2.04. The fraction of sp³-hybridized carbons (Fsp3) is 0.938. The number of morpholine rings is 1. The molecule has 7 heteroatoms. The molecule has 6 nitrogen and oxygen atoms in total. The van der Waals surface area contributed by atoms with Gasteiger partial charge in [-0.1, -0.05) is 20.3 Å². The van der Waals surface area contributed by atoms with Crippen LogP contribution < -0.4 is 0 Å². The van der Waals surface area contributed by atoms with Crippen LogP contribution in [0.3, 0.4) is 0 Å². The summed E-state index contributed by atoms with van der Waals surface area (Å²) in [5.74, 6) is 0.267. The summed E-state index contributed by atoms with van der Waals surface area (Å²) < 4.78 is 29.8. The second-order valence-corrected chi connectivity index (χ2v) is 9.08. The highest BCUT2D eigenvalue weighted by molar-refractivity contribution is 7.92. The third kappa shape index (κ3) is 4.25. The number of hydrogen-bond donors (Lipinski definition) is 0. The van der Waals surface area contributed by atoms with Gasteiger partial charge in [0.15, 0.2) is 9.84 Å². The van der Waals surface area contributed by atoms with Crippen LogP contribution in [0.4, 0.5) is 0 Å². The number of ether oxygens (including phenoxy) is 1. The summed E-state index contributed by atoms with van der Waals surface area (Å²) >= 11 is 0. The smallest absolute Gasteiger partial charge is 0.240 e. The molecule has 0 aromatic rings. The zero-order valence-electron chi connectivity index (χ0n) is 14.5. The van der Waals surface area contributed by atoms with Gasteiger partial charge in [-0.05, 0) is 19.3 Å². The average Bonchev–Trinajstić information content (AvgIpc) is 2.98. The van der Waals surface area contributed by atoms with Gasteiger partial charge in [-0.3, -0.25) is 9.69 Å². The summed E-state index contributed by atoms with van der Waals surface area (Å²) in [5.41, 5.74) is 0. The molecule has 0 saturated carbocycles. The lowest BCUT2D eigenvalue weighted by Gasteiger charge is -2.34. The van der Waals surface area contributed by atoms with Crippen LogP contribution in [-0.4, -0.2) is 80.6 Å². The molecule has 3 unspecified atom stereocenters. The minimum Gasteiger partial charge on any atom is -0.379 e. The number of rotatable bonds is 6. The van der Waals surface area contributed by atoms with E-state index in [9.17, 15) is 13.2 Å². The highest BCUT2D eigenvalue weighted by atomic mass is 32.2. The predicted octanol–water partition coefficient (Wildman–Crippen LogP) is 0.769. The first-order valence-corrected chi connectivity index (χ1v) is 10.4. The van der Waals surface area contributed by atoms with Gasteiger partial charge in [-0.15, -0.1) is 0 Å². The maximum atomic E-state index is 12.7. The maximum absolute atomic E-state index is 12.7. The molecular weight excluding hydrogens is 316 g/mol. The molecule has 0 aromatic heterocycles. The monoisotopic (exact) mass is 346 g/mol. The highest BCUT2D eigenvalue weighted by Crippen LogP contribution is 2.27. The van der Waals surface area contributed by atoms with Gasteiger partial charge in [-0.25, -0.2) is 8.42 Å². The van der Waals surface area contributed by atoms with Crippen molar-refractivity contribution < 1.29 is 17.9 Å². The molecule has 2 aliphatic rings. The molecule has 3 atom stereocenters. The number of sulfone groups is 1. The normalized spacial score (nSPS) is 28.0. The minimum atomic E-state index is -3.34. The van der Waals surface area contributed by atoms with Crippen LogP contribution in [0.5, 0.6) is 0 Å². The van der Waals surface area contributed by atoms with E-state index >= 15 is 0 Å². The molecule has 0 bridgehead atoms. The molecule has 0 spiro atoms. The third-order valence-electron chi connectivity index (χ3n) is 5.13.